The van der Waals surface area contributed by atoms with Crippen LogP contribution >= 0.6 is 0 Å². The fraction of sp³-hybridized carbons (Fsp3) is 0.316. The van der Waals surface area contributed by atoms with Gasteiger partial charge in [-0.15, -0.1) is 0 Å². The molecule has 0 heterocycles. The van der Waals surface area contributed by atoms with Crippen molar-refractivity contribution in [3.05, 3.63) is 71.8 Å². The van der Waals surface area contributed by atoms with Gasteiger partial charge in [-0.1, -0.05) is 60.7 Å². The second kappa shape index (κ2) is 6.75. The Balaban J connectivity index is 1.79. The van der Waals surface area contributed by atoms with Gasteiger partial charge in [0.2, 0.25) is 5.91 Å². The molecule has 0 aliphatic heterocycles. The number of nitrogens with zero attached hydrogens (tertiary/aromatic N) is 1. The van der Waals surface area contributed by atoms with Crippen molar-refractivity contribution in [2.45, 2.75) is 31.5 Å². The van der Waals surface area contributed by atoms with E-state index in [-0.39, 0.29) is 11.9 Å². The summed E-state index contributed by atoms with van der Waals surface area (Å²) in [5.41, 5.74) is 2.25. The van der Waals surface area contributed by atoms with Crippen molar-refractivity contribution in [2.24, 2.45) is 0 Å². The van der Waals surface area contributed by atoms with E-state index in [1.165, 1.54) is 5.56 Å². The average molecular weight is 294 g/mol. The highest BCUT2D eigenvalue weighted by molar-refractivity contribution is 5.83. The maximum Gasteiger partial charge on any atom is 0.242 e. The number of hydrogen-bond acceptors (Lipinski definition) is 2. The van der Waals surface area contributed by atoms with Crippen molar-refractivity contribution >= 4 is 5.91 Å². The summed E-state index contributed by atoms with van der Waals surface area (Å²) in [6.45, 7) is 0.748. The van der Waals surface area contributed by atoms with Crippen LogP contribution in [-0.2, 0) is 11.3 Å². The number of amides is 1. The van der Waals surface area contributed by atoms with Crippen LogP contribution in [0.25, 0.3) is 0 Å². The molecule has 1 fully saturated rings. The predicted molar refractivity (Wildman–Crippen MR) is 88.3 cm³/mol. The van der Waals surface area contributed by atoms with Crippen LogP contribution in [-0.4, -0.2) is 23.9 Å². The van der Waals surface area contributed by atoms with E-state index in [9.17, 15) is 4.79 Å². The third kappa shape index (κ3) is 3.74. The fourth-order valence-corrected chi connectivity index (χ4v) is 2.71. The van der Waals surface area contributed by atoms with Crippen LogP contribution < -0.4 is 5.32 Å². The summed E-state index contributed by atoms with van der Waals surface area (Å²) in [5, 5.41) is 3.14. The first kappa shape index (κ1) is 14.8. The molecule has 1 aliphatic carbocycles. The smallest absolute Gasteiger partial charge is 0.242 e. The number of hydrogen-bond donors (Lipinski definition) is 1. The molecule has 0 spiro atoms. The SMILES string of the molecule is CN(Cc1ccccc1)C(C(=O)NC1CC1)c1ccccc1. The Labute approximate surface area is 132 Å². The Bertz CT molecular complexity index is 608. The van der Waals surface area contributed by atoms with Crippen LogP contribution in [0.1, 0.15) is 30.0 Å². The van der Waals surface area contributed by atoms with Crippen LogP contribution in [0.2, 0.25) is 0 Å². The summed E-state index contributed by atoms with van der Waals surface area (Å²) in [6.07, 6.45) is 2.21. The molecule has 0 bridgehead atoms. The lowest BCUT2D eigenvalue weighted by Gasteiger charge is -2.27. The second-order valence-electron chi connectivity index (χ2n) is 6.00. The molecule has 3 rings (SSSR count). The highest BCUT2D eigenvalue weighted by Gasteiger charge is 2.30. The molecule has 1 atom stereocenters. The van der Waals surface area contributed by atoms with Gasteiger partial charge in [0, 0.05) is 12.6 Å². The van der Waals surface area contributed by atoms with Crippen molar-refractivity contribution < 1.29 is 4.79 Å². The molecule has 0 radical (unpaired) electrons. The minimum atomic E-state index is -0.248. The second-order valence-corrected chi connectivity index (χ2v) is 6.00. The lowest BCUT2D eigenvalue weighted by atomic mass is 10.0. The zero-order valence-corrected chi connectivity index (χ0v) is 12.9. The Morgan fingerprint density at radius 1 is 1.09 bits per heavy atom. The first-order chi connectivity index (χ1) is 10.7. The topological polar surface area (TPSA) is 32.3 Å². The highest BCUT2D eigenvalue weighted by Crippen LogP contribution is 2.25. The van der Waals surface area contributed by atoms with Gasteiger partial charge in [-0.2, -0.15) is 0 Å². The Hall–Kier alpha value is -2.13. The maximum absolute atomic E-state index is 12.7. The summed E-state index contributed by atoms with van der Waals surface area (Å²) >= 11 is 0. The minimum absolute atomic E-state index is 0.104. The van der Waals surface area contributed by atoms with Gasteiger partial charge in [0.25, 0.3) is 0 Å². The van der Waals surface area contributed by atoms with Gasteiger partial charge >= 0.3 is 0 Å². The molecular formula is C19H22N2O. The Morgan fingerprint density at radius 2 is 1.68 bits per heavy atom. The van der Waals surface area contributed by atoms with Gasteiger partial charge in [0.05, 0.1) is 0 Å². The van der Waals surface area contributed by atoms with Gasteiger partial charge < -0.3 is 5.32 Å². The normalized spacial score (nSPS) is 15.5. The molecule has 22 heavy (non-hydrogen) atoms. The van der Waals surface area contributed by atoms with E-state index in [1.807, 2.05) is 55.6 Å². The molecule has 1 unspecified atom stereocenters. The summed E-state index contributed by atoms with van der Waals surface area (Å²) < 4.78 is 0. The Morgan fingerprint density at radius 3 is 2.27 bits per heavy atom. The van der Waals surface area contributed by atoms with E-state index in [1.54, 1.807) is 0 Å². The van der Waals surface area contributed by atoms with E-state index in [0.717, 1.165) is 24.9 Å². The largest absolute Gasteiger partial charge is 0.352 e. The van der Waals surface area contributed by atoms with Crippen LogP contribution in [0.5, 0.6) is 0 Å². The third-order valence-corrected chi connectivity index (χ3v) is 4.00. The van der Waals surface area contributed by atoms with Gasteiger partial charge in [-0.3, -0.25) is 9.69 Å². The number of nitrogens with one attached hydrogen (secondary N) is 1. The summed E-state index contributed by atoms with van der Waals surface area (Å²) in [5.74, 6) is 0.104. The molecule has 2 aromatic carbocycles. The summed E-state index contributed by atoms with van der Waals surface area (Å²) in [7, 11) is 2.01. The van der Waals surface area contributed by atoms with Gasteiger partial charge in [-0.25, -0.2) is 0 Å². The van der Waals surface area contributed by atoms with E-state index in [2.05, 4.69) is 22.3 Å². The molecule has 2 aromatic rings. The van der Waals surface area contributed by atoms with Crippen LogP contribution in [0.4, 0.5) is 0 Å². The lowest BCUT2D eigenvalue weighted by molar-refractivity contribution is -0.126. The average Bonchev–Trinajstić information content (AvgIpc) is 3.33. The predicted octanol–water partition coefficient (Wildman–Crippen LogP) is 3.14. The first-order valence-corrected chi connectivity index (χ1v) is 7.83. The van der Waals surface area contributed by atoms with Crippen molar-refractivity contribution in [1.82, 2.24) is 10.2 Å². The lowest BCUT2D eigenvalue weighted by Crippen LogP contribution is -2.39. The van der Waals surface area contributed by atoms with Crippen molar-refractivity contribution in [1.29, 1.82) is 0 Å². The van der Waals surface area contributed by atoms with Crippen LogP contribution in [0.15, 0.2) is 60.7 Å². The summed E-state index contributed by atoms with van der Waals surface area (Å²) in [6, 6.07) is 20.4. The molecule has 3 heteroatoms. The molecule has 114 valence electrons. The maximum atomic E-state index is 12.7. The quantitative estimate of drug-likeness (QED) is 0.887. The molecule has 1 saturated carbocycles. The van der Waals surface area contributed by atoms with E-state index in [0.29, 0.717) is 6.04 Å². The first-order valence-electron chi connectivity index (χ1n) is 7.83. The van der Waals surface area contributed by atoms with Crippen LogP contribution in [0.3, 0.4) is 0 Å². The van der Waals surface area contributed by atoms with Crippen LogP contribution in [0, 0.1) is 0 Å². The summed E-state index contributed by atoms with van der Waals surface area (Å²) in [4.78, 5) is 14.8. The Kier molecular flexibility index (Phi) is 4.54. The monoisotopic (exact) mass is 294 g/mol. The van der Waals surface area contributed by atoms with E-state index < -0.39 is 0 Å². The molecule has 3 nitrogen and oxygen atoms in total. The van der Waals surface area contributed by atoms with Crippen molar-refractivity contribution in [3.63, 3.8) is 0 Å². The van der Waals surface area contributed by atoms with Gasteiger partial charge in [0.1, 0.15) is 6.04 Å². The van der Waals surface area contributed by atoms with Gasteiger partial charge in [-0.05, 0) is 31.0 Å². The van der Waals surface area contributed by atoms with E-state index in [4.69, 9.17) is 0 Å². The molecule has 1 aliphatic rings. The van der Waals surface area contributed by atoms with Gasteiger partial charge in [0.15, 0.2) is 0 Å². The zero-order valence-electron chi connectivity index (χ0n) is 12.9. The van der Waals surface area contributed by atoms with E-state index >= 15 is 0 Å². The molecule has 0 saturated heterocycles. The molecular weight excluding hydrogens is 272 g/mol. The molecule has 0 aromatic heterocycles. The highest BCUT2D eigenvalue weighted by atomic mass is 16.2. The fourth-order valence-electron chi connectivity index (χ4n) is 2.71. The number of carbonyl (C=O) groups excluding carboxylic acids is 1. The third-order valence-electron chi connectivity index (χ3n) is 4.00. The van der Waals surface area contributed by atoms with Crippen molar-refractivity contribution in [2.75, 3.05) is 7.05 Å². The molecule has 1 amide bonds. The van der Waals surface area contributed by atoms with Crippen molar-refractivity contribution in [3.8, 4) is 0 Å². The number of carbonyl (C=O) groups is 1. The number of likely N-dealkylation sites (N-methyl/N-ethyl adjacent to an activating group) is 1. The minimum Gasteiger partial charge on any atom is -0.352 e. The number of rotatable bonds is 6. The zero-order chi connectivity index (χ0) is 15.4. The molecule has 1 N–H and O–H groups in total. The number of benzene rings is 2. The standard InChI is InChI=1S/C19H22N2O/c1-21(14-15-8-4-2-5-9-15)18(16-10-6-3-7-11-16)19(22)20-17-12-13-17/h2-11,17-18H,12-14H2,1H3,(H,20,22).